The molecule has 1 fully saturated rings. The lowest BCUT2D eigenvalue weighted by Crippen LogP contribution is -2.49. The molecule has 0 aromatic heterocycles. The van der Waals surface area contributed by atoms with E-state index in [9.17, 15) is 17.6 Å². The van der Waals surface area contributed by atoms with Crippen molar-refractivity contribution in [1.82, 2.24) is 9.62 Å². The highest BCUT2D eigenvalue weighted by molar-refractivity contribution is 7.89. The summed E-state index contributed by atoms with van der Waals surface area (Å²) in [5, 5.41) is 0.602. The van der Waals surface area contributed by atoms with Crippen LogP contribution < -0.4 is 9.46 Å². The average molecular weight is 477 g/mol. The fourth-order valence-corrected chi connectivity index (χ4v) is 5.21. The van der Waals surface area contributed by atoms with Crippen molar-refractivity contribution in [2.75, 3.05) is 19.7 Å². The van der Waals surface area contributed by atoms with E-state index in [2.05, 4.69) is 4.72 Å². The number of hydrogen-bond acceptors (Lipinski definition) is 4. The van der Waals surface area contributed by atoms with Crippen molar-refractivity contribution in [2.24, 2.45) is 0 Å². The fraction of sp³-hybridized carbons (Fsp3) is 0.261. The highest BCUT2D eigenvalue weighted by Crippen LogP contribution is 2.29. The number of ether oxygens (including phenoxy) is 1. The van der Waals surface area contributed by atoms with Crippen molar-refractivity contribution in [3.8, 4) is 5.75 Å². The summed E-state index contributed by atoms with van der Waals surface area (Å²) in [6.45, 7) is 1.12. The Hall–Kier alpha value is -2.68. The summed E-state index contributed by atoms with van der Waals surface area (Å²) in [6, 6.07) is 9.76. The summed E-state index contributed by atoms with van der Waals surface area (Å²) in [5.74, 6) is -0.0934. The molecule has 32 heavy (non-hydrogen) atoms. The maximum atomic E-state index is 13.4. The molecule has 0 radical (unpaired) electrons. The molecule has 0 aliphatic carbocycles. The number of nitrogens with one attached hydrogen (secondary N) is 1. The highest BCUT2D eigenvalue weighted by atomic mass is 35.5. The Labute approximate surface area is 191 Å². The first-order valence-corrected chi connectivity index (χ1v) is 12.0. The molecule has 1 unspecified atom stereocenters. The van der Waals surface area contributed by atoms with E-state index in [1.807, 2.05) is 6.08 Å². The Kier molecular flexibility index (Phi) is 6.64. The van der Waals surface area contributed by atoms with Crippen LogP contribution >= 0.6 is 11.6 Å². The molecular weight excluding hydrogens is 455 g/mol. The van der Waals surface area contributed by atoms with Gasteiger partial charge in [0.25, 0.3) is 0 Å². The Morgan fingerprint density at radius 3 is 2.91 bits per heavy atom. The van der Waals surface area contributed by atoms with Crippen LogP contribution in [0.25, 0.3) is 6.08 Å². The van der Waals surface area contributed by atoms with Gasteiger partial charge in [-0.05, 0) is 60.9 Å². The number of nitrogens with zero attached hydrogens (tertiary/aromatic N) is 1. The molecule has 0 spiro atoms. The van der Waals surface area contributed by atoms with Crippen LogP contribution in [0.5, 0.6) is 5.75 Å². The van der Waals surface area contributed by atoms with Crippen molar-refractivity contribution in [1.29, 1.82) is 0 Å². The number of piperidine rings is 1. The summed E-state index contributed by atoms with van der Waals surface area (Å²) in [6.07, 6.45) is 6.34. The molecule has 2 aliphatic rings. The lowest BCUT2D eigenvalue weighted by molar-refractivity contribution is -0.127. The number of hydrogen-bond donors (Lipinski definition) is 1. The van der Waals surface area contributed by atoms with Crippen molar-refractivity contribution in [2.45, 2.75) is 23.8 Å². The summed E-state index contributed by atoms with van der Waals surface area (Å²) in [7, 11) is -3.88. The van der Waals surface area contributed by atoms with Gasteiger partial charge in [-0.2, -0.15) is 0 Å². The molecule has 1 atom stereocenters. The van der Waals surface area contributed by atoms with Crippen LogP contribution in [0.3, 0.4) is 0 Å². The average Bonchev–Trinajstić information content (AvgIpc) is 2.77. The van der Waals surface area contributed by atoms with E-state index < -0.39 is 21.9 Å². The maximum absolute atomic E-state index is 13.4. The number of halogens is 2. The lowest BCUT2D eigenvalue weighted by atomic mass is 10.1. The molecule has 2 aromatic rings. The van der Waals surface area contributed by atoms with Crippen LogP contribution in [0.1, 0.15) is 18.4 Å². The number of sulfonamides is 1. The molecule has 6 nitrogen and oxygen atoms in total. The van der Waals surface area contributed by atoms with Crippen molar-refractivity contribution in [3.05, 3.63) is 76.6 Å². The van der Waals surface area contributed by atoms with E-state index in [4.69, 9.17) is 16.3 Å². The summed E-state index contributed by atoms with van der Waals surface area (Å²) in [5.41, 5.74) is 1.68. The SMILES string of the molecule is O=C(C=CC1=Cc2cc(Cl)ccc2OC1)N1CCCC(NS(=O)(=O)c2cccc(F)c2)C1. The first kappa shape index (κ1) is 22.5. The van der Waals surface area contributed by atoms with E-state index in [0.29, 0.717) is 31.0 Å². The zero-order valence-electron chi connectivity index (χ0n) is 17.1. The number of carbonyl (C=O) groups is 1. The minimum absolute atomic E-state index is 0.134. The Balaban J connectivity index is 1.39. The van der Waals surface area contributed by atoms with E-state index in [1.165, 1.54) is 24.3 Å². The smallest absolute Gasteiger partial charge is 0.246 e. The molecular formula is C23H22ClFN2O4S. The zero-order valence-corrected chi connectivity index (χ0v) is 18.7. The zero-order chi connectivity index (χ0) is 22.7. The van der Waals surface area contributed by atoms with Gasteiger partial charge in [-0.3, -0.25) is 4.79 Å². The lowest BCUT2D eigenvalue weighted by Gasteiger charge is -2.32. The first-order chi connectivity index (χ1) is 15.3. The summed E-state index contributed by atoms with van der Waals surface area (Å²) in [4.78, 5) is 14.2. The van der Waals surface area contributed by atoms with Gasteiger partial charge < -0.3 is 9.64 Å². The molecule has 1 amide bonds. The van der Waals surface area contributed by atoms with Crippen LogP contribution in [0.15, 0.2) is 65.1 Å². The normalized spacial score (nSPS) is 18.8. The first-order valence-electron chi connectivity index (χ1n) is 10.2. The number of rotatable bonds is 5. The molecule has 9 heteroatoms. The predicted molar refractivity (Wildman–Crippen MR) is 120 cm³/mol. The Morgan fingerprint density at radius 2 is 2.09 bits per heavy atom. The van der Waals surface area contributed by atoms with Gasteiger partial charge in [0, 0.05) is 35.8 Å². The second kappa shape index (κ2) is 9.44. The van der Waals surface area contributed by atoms with Gasteiger partial charge in [0.05, 0.1) is 4.90 Å². The molecule has 1 saturated heterocycles. The van der Waals surface area contributed by atoms with E-state index in [1.54, 1.807) is 29.2 Å². The van der Waals surface area contributed by atoms with Gasteiger partial charge in [0.2, 0.25) is 15.9 Å². The van der Waals surface area contributed by atoms with Crippen LogP contribution in [0, 0.1) is 5.82 Å². The third-order valence-corrected chi connectivity index (χ3v) is 7.06. The fourth-order valence-electron chi connectivity index (χ4n) is 3.74. The van der Waals surface area contributed by atoms with Gasteiger partial charge in [-0.25, -0.2) is 17.5 Å². The summed E-state index contributed by atoms with van der Waals surface area (Å²) >= 11 is 6.03. The van der Waals surface area contributed by atoms with Gasteiger partial charge in [0.15, 0.2) is 0 Å². The molecule has 4 rings (SSSR count). The topological polar surface area (TPSA) is 75.7 Å². The molecule has 1 N–H and O–H groups in total. The second-order valence-electron chi connectivity index (χ2n) is 7.73. The molecule has 0 saturated carbocycles. The van der Waals surface area contributed by atoms with Crippen molar-refractivity contribution < 1.29 is 22.3 Å². The molecule has 2 heterocycles. The van der Waals surface area contributed by atoms with Crippen LogP contribution in [0.4, 0.5) is 4.39 Å². The standard InChI is InChI=1S/C23H22ClFN2O4S/c24-18-7-8-22-17(12-18)11-16(15-31-22)6-9-23(28)27-10-2-4-20(14-27)26-32(29,30)21-5-1-3-19(25)13-21/h1,3,5-9,11-13,20,26H,2,4,10,14-15H2. The van der Waals surface area contributed by atoms with Gasteiger partial charge >= 0.3 is 0 Å². The number of carbonyl (C=O) groups excluding carboxylic acids is 1. The van der Waals surface area contributed by atoms with E-state index in [0.717, 1.165) is 23.0 Å². The van der Waals surface area contributed by atoms with E-state index >= 15 is 0 Å². The Bertz CT molecular complexity index is 1200. The van der Waals surface area contributed by atoms with Gasteiger partial charge in [0.1, 0.15) is 18.2 Å². The second-order valence-corrected chi connectivity index (χ2v) is 9.88. The molecule has 168 valence electrons. The number of benzene rings is 2. The minimum atomic E-state index is -3.88. The molecule has 2 aliphatic heterocycles. The minimum Gasteiger partial charge on any atom is -0.488 e. The van der Waals surface area contributed by atoms with Crippen LogP contribution in [0.2, 0.25) is 5.02 Å². The monoisotopic (exact) mass is 476 g/mol. The third kappa shape index (κ3) is 5.38. The predicted octanol–water partition coefficient (Wildman–Crippen LogP) is 3.78. The van der Waals surface area contributed by atoms with Crippen LogP contribution in [-0.2, 0) is 14.8 Å². The Morgan fingerprint density at radius 1 is 1.25 bits per heavy atom. The number of fused-ring (bicyclic) bond motifs is 1. The molecule has 2 aromatic carbocycles. The van der Waals surface area contributed by atoms with Crippen molar-refractivity contribution >= 4 is 33.6 Å². The van der Waals surface area contributed by atoms with Crippen LogP contribution in [-0.4, -0.2) is 45.0 Å². The number of amides is 1. The van der Waals surface area contributed by atoms with Gasteiger partial charge in [-0.1, -0.05) is 23.7 Å². The van der Waals surface area contributed by atoms with Crippen molar-refractivity contribution in [3.63, 3.8) is 0 Å². The quantitative estimate of drug-likeness (QED) is 0.666. The highest BCUT2D eigenvalue weighted by Gasteiger charge is 2.27. The summed E-state index contributed by atoms with van der Waals surface area (Å²) < 4.78 is 46.8. The maximum Gasteiger partial charge on any atom is 0.246 e. The van der Waals surface area contributed by atoms with Gasteiger partial charge in [-0.15, -0.1) is 0 Å². The molecule has 0 bridgehead atoms. The largest absolute Gasteiger partial charge is 0.488 e. The number of likely N-dealkylation sites (tertiary alicyclic amines) is 1. The van der Waals surface area contributed by atoms with E-state index in [-0.39, 0.29) is 17.3 Å². The third-order valence-electron chi connectivity index (χ3n) is 5.31.